The predicted molar refractivity (Wildman–Crippen MR) is 211 cm³/mol. The number of nitrogens with zero attached hydrogens (tertiary/aromatic N) is 4. The van der Waals surface area contributed by atoms with Crippen LogP contribution >= 0.6 is 11.3 Å². The average molecular weight is 671 g/mol. The number of hydrogen-bond acceptors (Lipinski definition) is 5. The predicted octanol–water partition coefficient (Wildman–Crippen LogP) is 12.2. The molecule has 0 saturated carbocycles. The minimum atomic E-state index is 0.569. The van der Waals surface area contributed by atoms with Gasteiger partial charge in [0, 0.05) is 52.8 Å². The smallest absolute Gasteiger partial charge is 0.238 e. The molecule has 0 unspecified atom stereocenters. The fraction of sp³-hybridized carbons (Fsp3) is 0. The third kappa shape index (κ3) is 4.37. The van der Waals surface area contributed by atoms with E-state index in [0.717, 1.165) is 60.4 Å². The number of hydrogen-bond donors (Lipinski definition) is 0. The molecule has 0 fully saturated rings. The normalized spacial score (nSPS) is 11.9. The number of furan rings is 1. The molecule has 0 saturated heterocycles. The average Bonchev–Trinajstić information content (AvgIpc) is 3.87. The first kappa shape index (κ1) is 28.2. The van der Waals surface area contributed by atoms with Crippen LogP contribution in [0.2, 0.25) is 0 Å². The molecule has 0 radical (unpaired) electrons. The molecule has 0 aliphatic heterocycles. The third-order valence-electron chi connectivity index (χ3n) is 9.88. The van der Waals surface area contributed by atoms with Gasteiger partial charge in [0.05, 0.1) is 11.0 Å². The fourth-order valence-electron chi connectivity index (χ4n) is 7.55. The summed E-state index contributed by atoms with van der Waals surface area (Å²) in [5, 5.41) is 7.07. The Morgan fingerprint density at radius 2 is 1.08 bits per heavy atom. The maximum Gasteiger partial charge on any atom is 0.238 e. The monoisotopic (exact) mass is 670 g/mol. The van der Waals surface area contributed by atoms with Crippen LogP contribution in [0.1, 0.15) is 0 Å². The molecular weight excluding hydrogens is 645 g/mol. The lowest BCUT2D eigenvalue weighted by molar-refractivity contribution is 0.669. The molecule has 6 heteroatoms. The highest BCUT2D eigenvalue weighted by molar-refractivity contribution is 7.25. The summed E-state index contributed by atoms with van der Waals surface area (Å²) in [5.41, 5.74) is 7.84. The zero-order valence-electron chi connectivity index (χ0n) is 27.1. The molecule has 0 atom stereocenters. The molecule has 11 aromatic rings. The first-order chi connectivity index (χ1) is 25.3. The van der Waals surface area contributed by atoms with E-state index in [2.05, 4.69) is 126 Å². The van der Waals surface area contributed by atoms with Gasteiger partial charge >= 0.3 is 0 Å². The lowest BCUT2D eigenvalue weighted by Crippen LogP contribution is -2.06. The van der Waals surface area contributed by atoms with Gasteiger partial charge < -0.3 is 4.42 Å². The first-order valence-corrected chi connectivity index (χ1v) is 17.8. The van der Waals surface area contributed by atoms with Crippen molar-refractivity contribution in [3.05, 3.63) is 158 Å². The van der Waals surface area contributed by atoms with Crippen LogP contribution in [0.25, 0.3) is 104 Å². The zero-order valence-corrected chi connectivity index (χ0v) is 27.9. The lowest BCUT2D eigenvalue weighted by Gasteiger charge is -2.11. The SMILES string of the molecule is c1ccc(-c2nc(-c3ccc4c(c3)oc3cccc(-c5ccc6c(c5)sc5ccccc56)c34)nc(-n3c4ccccc4c4ccccc43)n2)cc1. The summed E-state index contributed by atoms with van der Waals surface area (Å²) in [6.07, 6.45) is 0. The van der Waals surface area contributed by atoms with Crippen molar-refractivity contribution in [1.29, 1.82) is 0 Å². The molecule has 0 amide bonds. The van der Waals surface area contributed by atoms with Crippen LogP contribution in [0.5, 0.6) is 0 Å². The molecule has 0 N–H and O–H groups in total. The van der Waals surface area contributed by atoms with Crippen molar-refractivity contribution in [3.8, 4) is 39.9 Å². The Morgan fingerprint density at radius 1 is 0.431 bits per heavy atom. The van der Waals surface area contributed by atoms with E-state index in [1.54, 1.807) is 0 Å². The summed E-state index contributed by atoms with van der Waals surface area (Å²) in [5.74, 6) is 1.76. The van der Waals surface area contributed by atoms with E-state index in [0.29, 0.717) is 17.6 Å². The summed E-state index contributed by atoms with van der Waals surface area (Å²) in [6.45, 7) is 0. The number of fused-ring (bicyclic) bond motifs is 9. The second kappa shape index (κ2) is 10.9. The van der Waals surface area contributed by atoms with Crippen molar-refractivity contribution in [2.75, 3.05) is 0 Å². The maximum absolute atomic E-state index is 6.57. The third-order valence-corrected chi connectivity index (χ3v) is 11.0. The van der Waals surface area contributed by atoms with Gasteiger partial charge in [-0.2, -0.15) is 9.97 Å². The summed E-state index contributed by atoms with van der Waals surface area (Å²) in [6, 6.07) is 54.9. The molecule has 0 aliphatic rings. The minimum absolute atomic E-state index is 0.569. The number of benzene rings is 7. The van der Waals surface area contributed by atoms with Gasteiger partial charge in [-0.3, -0.25) is 4.57 Å². The number of aromatic nitrogens is 4. The van der Waals surface area contributed by atoms with Crippen LogP contribution in [-0.2, 0) is 0 Å². The van der Waals surface area contributed by atoms with Crippen molar-refractivity contribution in [1.82, 2.24) is 19.5 Å². The summed E-state index contributed by atoms with van der Waals surface area (Å²) < 4.78 is 11.3. The molecule has 7 aromatic carbocycles. The first-order valence-electron chi connectivity index (χ1n) is 16.9. The molecule has 51 heavy (non-hydrogen) atoms. The molecule has 11 rings (SSSR count). The van der Waals surface area contributed by atoms with E-state index in [9.17, 15) is 0 Å². The minimum Gasteiger partial charge on any atom is -0.456 e. The van der Waals surface area contributed by atoms with Crippen molar-refractivity contribution < 1.29 is 4.42 Å². The standard InChI is InChI=1S/C45H26N4OS/c1-2-11-27(12-3-1)43-46-44(48-45(47-43)49-36-17-7-4-13-31(36)32-14-5-8-18-37(32)49)29-22-24-35-39(25-29)50-38-19-10-16-30(42(35)38)28-21-23-34-33-15-6-9-20-40(33)51-41(34)26-28/h1-26H. The van der Waals surface area contributed by atoms with Crippen molar-refractivity contribution >= 4 is 75.3 Å². The van der Waals surface area contributed by atoms with Gasteiger partial charge in [-0.1, -0.05) is 115 Å². The fourth-order valence-corrected chi connectivity index (χ4v) is 8.69. The summed E-state index contributed by atoms with van der Waals surface area (Å²) in [7, 11) is 0. The van der Waals surface area contributed by atoms with Gasteiger partial charge in [0.25, 0.3) is 0 Å². The molecule has 238 valence electrons. The van der Waals surface area contributed by atoms with Crippen molar-refractivity contribution in [2.45, 2.75) is 0 Å². The Hall–Kier alpha value is -6.63. The highest BCUT2D eigenvalue weighted by Gasteiger charge is 2.19. The van der Waals surface area contributed by atoms with E-state index in [4.69, 9.17) is 19.4 Å². The number of rotatable bonds is 4. The van der Waals surface area contributed by atoms with E-state index in [1.165, 1.54) is 25.7 Å². The van der Waals surface area contributed by atoms with E-state index in [-0.39, 0.29) is 0 Å². The Morgan fingerprint density at radius 3 is 1.88 bits per heavy atom. The summed E-state index contributed by atoms with van der Waals surface area (Å²) in [4.78, 5) is 15.3. The van der Waals surface area contributed by atoms with E-state index >= 15 is 0 Å². The van der Waals surface area contributed by atoms with Crippen LogP contribution in [0.4, 0.5) is 0 Å². The quantitative estimate of drug-likeness (QED) is 0.187. The van der Waals surface area contributed by atoms with Crippen LogP contribution in [0, 0.1) is 0 Å². The van der Waals surface area contributed by atoms with Gasteiger partial charge in [0.15, 0.2) is 11.6 Å². The highest BCUT2D eigenvalue weighted by Crippen LogP contribution is 2.41. The van der Waals surface area contributed by atoms with Crippen LogP contribution in [-0.4, -0.2) is 19.5 Å². The zero-order chi connectivity index (χ0) is 33.5. The van der Waals surface area contributed by atoms with Gasteiger partial charge in [-0.15, -0.1) is 11.3 Å². The van der Waals surface area contributed by atoms with Crippen molar-refractivity contribution in [3.63, 3.8) is 0 Å². The van der Waals surface area contributed by atoms with Crippen molar-refractivity contribution in [2.24, 2.45) is 0 Å². The van der Waals surface area contributed by atoms with Crippen LogP contribution in [0.3, 0.4) is 0 Å². The summed E-state index contributed by atoms with van der Waals surface area (Å²) >= 11 is 1.84. The molecular formula is C45H26N4OS. The molecule has 4 aromatic heterocycles. The number of thiophene rings is 1. The van der Waals surface area contributed by atoms with Gasteiger partial charge in [-0.25, -0.2) is 4.98 Å². The van der Waals surface area contributed by atoms with E-state index < -0.39 is 0 Å². The highest BCUT2D eigenvalue weighted by atomic mass is 32.1. The topological polar surface area (TPSA) is 56.7 Å². The van der Waals surface area contributed by atoms with Gasteiger partial charge in [0.2, 0.25) is 5.95 Å². The molecule has 0 aliphatic carbocycles. The van der Waals surface area contributed by atoms with Gasteiger partial charge in [-0.05, 0) is 53.6 Å². The van der Waals surface area contributed by atoms with Crippen LogP contribution in [0.15, 0.2) is 162 Å². The Labute approximate surface area is 295 Å². The Kier molecular flexibility index (Phi) is 6.05. The second-order valence-electron chi connectivity index (χ2n) is 12.8. The largest absolute Gasteiger partial charge is 0.456 e. The number of para-hydroxylation sites is 2. The van der Waals surface area contributed by atoms with Crippen LogP contribution < -0.4 is 0 Å². The Balaban J connectivity index is 1.10. The second-order valence-corrected chi connectivity index (χ2v) is 13.9. The molecule has 4 heterocycles. The molecule has 5 nitrogen and oxygen atoms in total. The van der Waals surface area contributed by atoms with Gasteiger partial charge in [0.1, 0.15) is 11.2 Å². The lowest BCUT2D eigenvalue weighted by atomic mass is 9.98. The molecule has 0 spiro atoms. The molecule has 0 bridgehead atoms. The maximum atomic E-state index is 6.57. The Bertz CT molecular complexity index is 3100. The van der Waals surface area contributed by atoms with E-state index in [1.807, 2.05) is 47.7 Å².